The molecule has 106 valence electrons. The Morgan fingerprint density at radius 1 is 1.17 bits per heavy atom. The zero-order valence-corrected chi connectivity index (χ0v) is 12.1. The van der Waals surface area contributed by atoms with Crippen LogP contribution in [0.4, 0.5) is 0 Å². The predicted molar refractivity (Wildman–Crippen MR) is 71.1 cm³/mol. The first-order valence-corrected chi connectivity index (χ1v) is 6.46. The molecule has 0 aromatic carbocycles. The number of carbonyl (C=O) groups is 2. The van der Waals surface area contributed by atoms with E-state index in [1.165, 1.54) is 7.11 Å². The van der Waals surface area contributed by atoms with Crippen molar-refractivity contribution >= 4 is 11.9 Å². The van der Waals surface area contributed by atoms with E-state index in [1.54, 1.807) is 0 Å². The zero-order valence-electron chi connectivity index (χ0n) is 12.1. The normalized spacial score (nSPS) is 14.1. The van der Waals surface area contributed by atoms with Gasteiger partial charge in [0.05, 0.1) is 13.0 Å². The standard InChI is InChI=1S/C13H26N2O3/c1-9(2)8-15-12(16)6-7-14-11(4)10(3)13(17)18-5/h9-11,14H,6-8H2,1-5H3,(H,15,16). The molecule has 5 nitrogen and oxygen atoms in total. The minimum absolute atomic E-state index is 0.00431. The second-order valence-electron chi connectivity index (χ2n) is 5.00. The number of amides is 1. The minimum Gasteiger partial charge on any atom is -0.469 e. The first kappa shape index (κ1) is 16.9. The fraction of sp³-hybridized carbons (Fsp3) is 0.846. The van der Waals surface area contributed by atoms with Gasteiger partial charge in [0.1, 0.15) is 0 Å². The molecule has 2 atom stereocenters. The van der Waals surface area contributed by atoms with Crippen LogP contribution in [0.25, 0.3) is 0 Å². The third kappa shape index (κ3) is 7.27. The third-order valence-electron chi connectivity index (χ3n) is 2.85. The van der Waals surface area contributed by atoms with E-state index >= 15 is 0 Å². The number of methoxy groups -OCH3 is 1. The van der Waals surface area contributed by atoms with E-state index < -0.39 is 0 Å². The second kappa shape index (κ2) is 8.91. The summed E-state index contributed by atoms with van der Waals surface area (Å²) < 4.78 is 4.67. The highest BCUT2D eigenvalue weighted by atomic mass is 16.5. The average molecular weight is 258 g/mol. The van der Waals surface area contributed by atoms with Gasteiger partial charge in [-0.15, -0.1) is 0 Å². The molecule has 0 fully saturated rings. The maximum Gasteiger partial charge on any atom is 0.309 e. The maximum atomic E-state index is 11.4. The fourth-order valence-electron chi connectivity index (χ4n) is 1.39. The van der Waals surface area contributed by atoms with Gasteiger partial charge in [-0.3, -0.25) is 9.59 Å². The van der Waals surface area contributed by atoms with Crippen molar-refractivity contribution in [2.24, 2.45) is 11.8 Å². The summed E-state index contributed by atoms with van der Waals surface area (Å²) >= 11 is 0. The van der Waals surface area contributed by atoms with Gasteiger partial charge >= 0.3 is 5.97 Å². The van der Waals surface area contributed by atoms with Gasteiger partial charge in [0.2, 0.25) is 5.91 Å². The molecule has 0 rings (SSSR count). The van der Waals surface area contributed by atoms with E-state index in [-0.39, 0.29) is 23.8 Å². The molecule has 0 bridgehead atoms. The second-order valence-corrected chi connectivity index (χ2v) is 5.00. The van der Waals surface area contributed by atoms with Crippen LogP contribution < -0.4 is 10.6 Å². The van der Waals surface area contributed by atoms with Crippen molar-refractivity contribution in [3.8, 4) is 0 Å². The van der Waals surface area contributed by atoms with Crippen molar-refractivity contribution in [3.63, 3.8) is 0 Å². The molecule has 0 aliphatic heterocycles. The summed E-state index contributed by atoms with van der Waals surface area (Å²) in [6.07, 6.45) is 0.422. The Kier molecular flexibility index (Phi) is 8.37. The number of ether oxygens (including phenoxy) is 1. The van der Waals surface area contributed by atoms with Crippen molar-refractivity contribution in [1.82, 2.24) is 10.6 Å². The first-order chi connectivity index (χ1) is 8.38. The highest BCUT2D eigenvalue weighted by Gasteiger charge is 2.20. The Bertz CT molecular complexity index is 267. The molecule has 18 heavy (non-hydrogen) atoms. The number of carbonyl (C=O) groups excluding carboxylic acids is 2. The Morgan fingerprint density at radius 3 is 2.28 bits per heavy atom. The highest BCUT2D eigenvalue weighted by molar-refractivity contribution is 5.76. The summed E-state index contributed by atoms with van der Waals surface area (Å²) in [4.78, 5) is 22.7. The lowest BCUT2D eigenvalue weighted by Gasteiger charge is -2.19. The summed E-state index contributed by atoms with van der Waals surface area (Å²) in [5.74, 6) is 0.0438. The Balaban J connectivity index is 3.77. The Labute approximate surface area is 110 Å². The lowest BCUT2D eigenvalue weighted by atomic mass is 10.0. The lowest BCUT2D eigenvalue weighted by Crippen LogP contribution is -2.39. The highest BCUT2D eigenvalue weighted by Crippen LogP contribution is 2.04. The quantitative estimate of drug-likeness (QED) is 0.636. The summed E-state index contributed by atoms with van der Waals surface area (Å²) in [5.41, 5.74) is 0. The summed E-state index contributed by atoms with van der Waals surface area (Å²) in [7, 11) is 1.38. The number of hydrogen-bond donors (Lipinski definition) is 2. The molecule has 0 radical (unpaired) electrons. The van der Waals surface area contributed by atoms with Crippen LogP contribution in [-0.4, -0.2) is 38.1 Å². The van der Waals surface area contributed by atoms with Crippen molar-refractivity contribution < 1.29 is 14.3 Å². The molecule has 0 aliphatic rings. The SMILES string of the molecule is COC(=O)C(C)C(C)NCCC(=O)NCC(C)C. The van der Waals surface area contributed by atoms with E-state index in [0.717, 1.165) is 0 Å². The number of hydrogen-bond acceptors (Lipinski definition) is 4. The third-order valence-corrected chi connectivity index (χ3v) is 2.85. The molecule has 1 amide bonds. The number of esters is 1. The Hall–Kier alpha value is -1.10. The van der Waals surface area contributed by atoms with Gasteiger partial charge < -0.3 is 15.4 Å². The molecular formula is C13H26N2O3. The molecule has 2 N–H and O–H groups in total. The van der Waals surface area contributed by atoms with Gasteiger partial charge in [-0.25, -0.2) is 0 Å². The van der Waals surface area contributed by atoms with Crippen LogP contribution in [0.2, 0.25) is 0 Å². The molecule has 0 aliphatic carbocycles. The van der Waals surface area contributed by atoms with Crippen LogP contribution in [-0.2, 0) is 14.3 Å². The average Bonchev–Trinajstić information content (AvgIpc) is 2.34. The molecule has 0 saturated carbocycles. The zero-order chi connectivity index (χ0) is 14.1. The van der Waals surface area contributed by atoms with Crippen LogP contribution in [0, 0.1) is 11.8 Å². The topological polar surface area (TPSA) is 67.4 Å². The molecule has 0 heterocycles. The summed E-state index contributed by atoms with van der Waals surface area (Å²) in [5, 5.41) is 6.00. The summed E-state index contributed by atoms with van der Waals surface area (Å²) in [6.45, 7) is 9.09. The molecule has 0 aromatic rings. The number of nitrogens with one attached hydrogen (secondary N) is 2. The van der Waals surface area contributed by atoms with E-state index in [0.29, 0.717) is 25.4 Å². The van der Waals surface area contributed by atoms with Gasteiger partial charge in [0.25, 0.3) is 0 Å². The van der Waals surface area contributed by atoms with Gasteiger partial charge in [0.15, 0.2) is 0 Å². The van der Waals surface area contributed by atoms with Crippen LogP contribution >= 0.6 is 0 Å². The van der Waals surface area contributed by atoms with Crippen LogP contribution in [0.1, 0.15) is 34.1 Å². The minimum atomic E-state index is -0.237. The van der Waals surface area contributed by atoms with Crippen molar-refractivity contribution in [3.05, 3.63) is 0 Å². The van der Waals surface area contributed by atoms with Crippen LogP contribution in [0.15, 0.2) is 0 Å². The fourth-order valence-corrected chi connectivity index (χ4v) is 1.39. The molecule has 0 saturated heterocycles. The molecular weight excluding hydrogens is 232 g/mol. The van der Waals surface area contributed by atoms with Crippen LogP contribution in [0.5, 0.6) is 0 Å². The van der Waals surface area contributed by atoms with Gasteiger partial charge in [-0.1, -0.05) is 20.8 Å². The van der Waals surface area contributed by atoms with Gasteiger partial charge in [-0.2, -0.15) is 0 Å². The Morgan fingerprint density at radius 2 is 1.78 bits per heavy atom. The van der Waals surface area contributed by atoms with Gasteiger partial charge in [0, 0.05) is 25.6 Å². The first-order valence-electron chi connectivity index (χ1n) is 6.46. The van der Waals surface area contributed by atoms with E-state index in [4.69, 9.17) is 0 Å². The monoisotopic (exact) mass is 258 g/mol. The van der Waals surface area contributed by atoms with E-state index in [1.807, 2.05) is 13.8 Å². The molecule has 2 unspecified atom stereocenters. The van der Waals surface area contributed by atoms with Crippen molar-refractivity contribution in [2.45, 2.75) is 40.2 Å². The van der Waals surface area contributed by atoms with Gasteiger partial charge in [-0.05, 0) is 12.8 Å². The predicted octanol–water partition coefficient (Wildman–Crippen LogP) is 0.936. The lowest BCUT2D eigenvalue weighted by molar-refractivity contribution is -0.145. The smallest absolute Gasteiger partial charge is 0.309 e. The molecule has 0 aromatic heterocycles. The van der Waals surface area contributed by atoms with Crippen molar-refractivity contribution in [2.75, 3.05) is 20.2 Å². The molecule has 5 heteroatoms. The maximum absolute atomic E-state index is 11.4. The van der Waals surface area contributed by atoms with Crippen molar-refractivity contribution in [1.29, 1.82) is 0 Å². The summed E-state index contributed by atoms with van der Waals surface area (Å²) in [6, 6.07) is -0.00431. The number of rotatable bonds is 8. The molecule has 0 spiro atoms. The van der Waals surface area contributed by atoms with E-state index in [2.05, 4.69) is 29.2 Å². The van der Waals surface area contributed by atoms with E-state index in [9.17, 15) is 9.59 Å². The van der Waals surface area contributed by atoms with Crippen LogP contribution in [0.3, 0.4) is 0 Å². The largest absolute Gasteiger partial charge is 0.469 e.